The summed E-state index contributed by atoms with van der Waals surface area (Å²) in [5.74, 6) is -10.4. The molecule has 784 valence electrons. The fraction of sp³-hybridized carbons (Fsp3) is 0.441. The second kappa shape index (κ2) is 77.7. The second-order valence-corrected chi connectivity index (χ2v) is 30.9. The van der Waals surface area contributed by atoms with Crippen molar-refractivity contribution in [1.29, 1.82) is 0 Å². The molecule has 2 aliphatic carbocycles. The zero-order valence-electron chi connectivity index (χ0n) is 82.2. The fourth-order valence-electron chi connectivity index (χ4n) is 10.8. The van der Waals surface area contributed by atoms with Gasteiger partial charge in [-0.2, -0.15) is 0 Å². The average molecular weight is 2020 g/mol. The van der Waals surface area contributed by atoms with E-state index in [9.17, 15) is 81.1 Å². The lowest BCUT2D eigenvalue weighted by molar-refractivity contribution is -0.136. The fourth-order valence-corrected chi connectivity index (χ4v) is 11.5. The van der Waals surface area contributed by atoms with Crippen molar-refractivity contribution in [2.45, 2.75) is 198 Å². The Morgan fingerprint density at radius 2 is 0.566 bits per heavy atom. The number of hydrogen-bond acceptors (Lipinski definition) is 33. The van der Waals surface area contributed by atoms with Crippen LogP contribution in [-0.2, 0) is 147 Å². The van der Waals surface area contributed by atoms with Gasteiger partial charge in [-0.25, -0.2) is 86.2 Å². The number of thiophene rings is 1. The normalized spacial score (nSPS) is 12.5. The van der Waals surface area contributed by atoms with E-state index >= 15 is 0 Å². The smallest absolute Gasteiger partial charge is 0.375 e. The first kappa shape index (κ1) is 127. The SMILES string of the molecule is CCOC(=O)C(N)=NNC(=O)CC1CCCC1.CCOC(=O)C(N)=NNC(=O)CC1CCCCC1.CCOC(=O)C(N)=NNC(=O)CCC(C)C.CCOC(=O)C(N)=NNC(=O)CCc1ccccc1.CCOC(=O)C(N)=NNC(=O)Cc1ccc(C)cc1.CCOC(=O)C(N)=NNC(=O)Cc1ccc(F)cc1.CCOC(=O)C(N)=NNC(=O)Cc1ccccc1.CCOC(=O)C(N)=NNC(=O)Cc1cccs1. The number of carbonyl (C=O) groups is 16. The number of hydrogen-bond donors (Lipinski definition) is 16. The monoisotopic (exact) mass is 2020 g/mol. The minimum Gasteiger partial charge on any atom is -0.460 e. The number of halogens is 1. The molecule has 143 heavy (non-hydrogen) atoms. The van der Waals surface area contributed by atoms with Crippen LogP contribution in [0.2, 0.25) is 0 Å². The number of nitrogens with zero attached hydrogens (tertiary/aromatic N) is 8. The third-order valence-corrected chi connectivity index (χ3v) is 18.6. The number of benzene rings is 4. The van der Waals surface area contributed by atoms with E-state index in [2.05, 4.69) is 122 Å². The van der Waals surface area contributed by atoms with Gasteiger partial charge in [-0.1, -0.05) is 155 Å². The maximum Gasteiger partial charge on any atom is 0.375 e. The molecule has 0 radical (unpaired) electrons. The lowest BCUT2D eigenvalue weighted by Gasteiger charge is -2.20. The number of esters is 8. The molecule has 2 saturated carbocycles. The largest absolute Gasteiger partial charge is 0.460 e. The van der Waals surface area contributed by atoms with Crippen molar-refractivity contribution in [3.05, 3.63) is 165 Å². The summed E-state index contributed by atoms with van der Waals surface area (Å²) < 4.78 is 49.5. The molecule has 4 aromatic carbocycles. The molecule has 0 saturated heterocycles. The lowest BCUT2D eigenvalue weighted by atomic mass is 9.87. The van der Waals surface area contributed by atoms with Crippen LogP contribution in [0.4, 0.5) is 4.39 Å². The summed E-state index contributed by atoms with van der Waals surface area (Å²) in [5.41, 5.74) is 64.6. The second-order valence-electron chi connectivity index (χ2n) is 29.9. The topological polar surface area (TPSA) is 750 Å². The van der Waals surface area contributed by atoms with Crippen molar-refractivity contribution in [2.24, 2.45) is 104 Å². The molecule has 5 aromatic rings. The van der Waals surface area contributed by atoms with E-state index in [1.165, 1.54) is 67.7 Å². The first-order chi connectivity index (χ1) is 68.2. The molecule has 0 atom stereocenters. The highest BCUT2D eigenvalue weighted by Gasteiger charge is 2.22. The molecule has 2 fully saturated rings. The van der Waals surface area contributed by atoms with Crippen LogP contribution in [0.5, 0.6) is 0 Å². The van der Waals surface area contributed by atoms with Crippen LogP contribution >= 0.6 is 11.3 Å². The summed E-state index contributed by atoms with van der Waals surface area (Å²) in [6.07, 6.45) is 13.8. The number of amides is 8. The molecule has 0 bridgehead atoms. The van der Waals surface area contributed by atoms with Crippen LogP contribution in [0.25, 0.3) is 0 Å². The molecular weight excluding hydrogens is 1890 g/mol. The Morgan fingerprint density at radius 3 is 0.846 bits per heavy atom. The molecule has 2 aliphatic rings. The molecular formula is C93H135FN24O24S. The average Bonchev–Trinajstić information content (AvgIpc) is 1.90. The van der Waals surface area contributed by atoms with Gasteiger partial charge in [-0.3, -0.25) is 38.4 Å². The molecule has 0 unspecified atom stereocenters. The minimum absolute atomic E-state index is 0.000114. The van der Waals surface area contributed by atoms with Crippen molar-refractivity contribution in [1.82, 2.24) is 43.4 Å². The number of amidine groups is 8. The molecule has 1 aromatic heterocycles. The predicted molar refractivity (Wildman–Crippen MR) is 531 cm³/mol. The van der Waals surface area contributed by atoms with Crippen molar-refractivity contribution >= 4 is 153 Å². The standard InChI is InChI=1S/2C13H17N3O3.C12H14FN3O3.C12H21N3O3.C12H15N3O3.C11H19N3O3.C10H13N3O3S.C10H19N3O3/c1-3-19-13(18)12(14)16-15-11(17)8-10-6-4-9(2)5-7-10;1-2-19-13(18)12(14)16-15-11(17)9-8-10-6-4-3-5-7-10;1-2-19-12(18)11(14)16-15-10(17)7-8-3-5-9(13)6-4-8;2*1-2-18-12(17)11(13)15-14-10(16)8-9-6-4-3-5-7-9;1-2-17-11(16)10(12)14-13-9(15)7-8-5-3-4-6-8;1-2-16-10(15)9(11)13-12-8(14)6-7-4-3-5-17-7;1-4-16-10(15)9(11)13-12-8(14)6-5-7(2)3/h4-7H,3,8H2,1-2H3,(H2,14,16)(H,15,17);3-7H,2,8-9H2,1H3,(H2,14,16)(H,15,17);3-6H,2,7H2,1H3,(H2,14,16)(H,15,17);9H,2-8H2,1H3,(H2,13,15)(H,14,16);3-7H,2,8H2,1H3,(H2,13,15)(H,14,16);8H,2-7H2,1H3,(H2,12,14)(H,13,15);3-5H,2,6H2,1H3,(H2,11,13)(H,12,14);7H,4-6H2,1-3H3,(H2,11,13)(H,12,14). The van der Waals surface area contributed by atoms with Crippen molar-refractivity contribution in [3.8, 4) is 0 Å². The summed E-state index contributed by atoms with van der Waals surface area (Å²) in [5, 5.41) is 29.6. The maximum absolute atomic E-state index is 12.6. The van der Waals surface area contributed by atoms with Gasteiger partial charge in [0.2, 0.25) is 93.9 Å². The first-order valence-electron chi connectivity index (χ1n) is 45.4. The van der Waals surface area contributed by atoms with Crippen LogP contribution in [0.3, 0.4) is 0 Å². The lowest BCUT2D eigenvalue weighted by Crippen LogP contribution is -2.31. The highest BCUT2D eigenvalue weighted by molar-refractivity contribution is 7.10. The van der Waals surface area contributed by atoms with Crippen molar-refractivity contribution in [3.63, 3.8) is 0 Å². The van der Waals surface area contributed by atoms with Gasteiger partial charge in [0.25, 0.3) is 0 Å². The van der Waals surface area contributed by atoms with Gasteiger partial charge < -0.3 is 83.8 Å². The quantitative estimate of drug-likeness (QED) is 0.00919. The third kappa shape index (κ3) is 65.3. The van der Waals surface area contributed by atoms with Crippen LogP contribution in [0.1, 0.15) is 192 Å². The van der Waals surface area contributed by atoms with Gasteiger partial charge in [0, 0.05) is 30.6 Å². The highest BCUT2D eigenvalue weighted by Crippen LogP contribution is 2.28. The molecule has 0 spiro atoms. The maximum atomic E-state index is 12.6. The Kier molecular flexibility index (Phi) is 68.9. The Hall–Kier alpha value is -16.2. The molecule has 0 aliphatic heterocycles. The molecule has 7 rings (SSSR count). The molecule has 8 amide bonds. The number of nitrogens with one attached hydrogen (secondary N) is 8. The van der Waals surface area contributed by atoms with E-state index in [1.54, 1.807) is 55.4 Å². The third-order valence-electron chi connectivity index (χ3n) is 17.8. The van der Waals surface area contributed by atoms with E-state index < -0.39 is 59.5 Å². The number of aryl methyl sites for hydroxylation is 2. The van der Waals surface area contributed by atoms with E-state index in [0.717, 1.165) is 59.2 Å². The molecule has 24 N–H and O–H groups in total. The number of nitrogens with two attached hydrogens (primary N) is 8. The van der Waals surface area contributed by atoms with E-state index in [1.807, 2.05) is 123 Å². The number of carbonyl (C=O) groups excluding carboxylic acids is 16. The van der Waals surface area contributed by atoms with Gasteiger partial charge >= 0.3 is 47.8 Å². The van der Waals surface area contributed by atoms with Crippen LogP contribution in [0.15, 0.2) is 168 Å². The highest BCUT2D eigenvalue weighted by atomic mass is 32.1. The van der Waals surface area contributed by atoms with Gasteiger partial charge in [0.15, 0.2) is 0 Å². The summed E-state index contributed by atoms with van der Waals surface area (Å²) in [6.45, 7) is 20.9. The molecule has 1 heterocycles. The Balaban J connectivity index is 0.00000161. The van der Waals surface area contributed by atoms with Gasteiger partial charge in [-0.15, -0.1) is 52.1 Å². The molecule has 50 heteroatoms. The van der Waals surface area contributed by atoms with Crippen LogP contribution < -0.4 is 89.3 Å². The minimum atomic E-state index is -0.801. The summed E-state index contributed by atoms with van der Waals surface area (Å²) in [7, 11) is 0. The predicted octanol–water partition coefficient (Wildman–Crippen LogP) is 3.60. The van der Waals surface area contributed by atoms with E-state index in [-0.39, 0.29) is 173 Å². The molecule has 48 nitrogen and oxygen atoms in total. The summed E-state index contributed by atoms with van der Waals surface area (Å²) in [4.78, 5) is 181. The summed E-state index contributed by atoms with van der Waals surface area (Å²) in [6, 6.07) is 35.4. The first-order valence-corrected chi connectivity index (χ1v) is 46.3. The van der Waals surface area contributed by atoms with E-state index in [4.69, 9.17) is 45.9 Å². The number of hydrazone groups is 8. The number of ether oxygens (including phenoxy) is 8. The number of rotatable bonds is 34. The van der Waals surface area contributed by atoms with Crippen molar-refractivity contribution in [2.75, 3.05) is 52.9 Å². The zero-order valence-corrected chi connectivity index (χ0v) is 83.0. The van der Waals surface area contributed by atoms with Crippen LogP contribution in [0, 0.1) is 30.5 Å². The summed E-state index contributed by atoms with van der Waals surface area (Å²) >= 11 is 1.47. The Labute approximate surface area is 832 Å². The van der Waals surface area contributed by atoms with Gasteiger partial charge in [0.05, 0.1) is 78.5 Å². The zero-order chi connectivity index (χ0) is 107. The van der Waals surface area contributed by atoms with Crippen LogP contribution in [-0.4, -0.2) is 195 Å². The van der Waals surface area contributed by atoms with Gasteiger partial charge in [-0.05, 0) is 164 Å². The van der Waals surface area contributed by atoms with E-state index in [0.29, 0.717) is 49.0 Å². The van der Waals surface area contributed by atoms with Gasteiger partial charge in [0.1, 0.15) is 5.82 Å². The Bertz CT molecular complexity index is 4940. The van der Waals surface area contributed by atoms with Crippen molar-refractivity contribution < 1.29 is 119 Å². The Morgan fingerprint density at radius 1 is 0.315 bits per heavy atom.